The van der Waals surface area contributed by atoms with E-state index in [0.717, 1.165) is 25.1 Å². The fourth-order valence-corrected chi connectivity index (χ4v) is 3.04. The normalized spacial score (nSPS) is 14.6. The molecule has 2 aromatic rings. The number of nitrogens with zero attached hydrogens (tertiary/aromatic N) is 1. The van der Waals surface area contributed by atoms with E-state index in [1.165, 1.54) is 25.9 Å². The summed E-state index contributed by atoms with van der Waals surface area (Å²) in [6.07, 6.45) is 0.911. The largest absolute Gasteiger partial charge is 0.384 e. The summed E-state index contributed by atoms with van der Waals surface area (Å²) in [5.74, 6) is 0. The van der Waals surface area contributed by atoms with E-state index in [1.54, 1.807) is 0 Å². The smallest absolute Gasteiger partial charge is 0.0859 e. The van der Waals surface area contributed by atoms with Gasteiger partial charge in [0.05, 0.1) is 30.1 Å². The Morgan fingerprint density at radius 3 is 3.17 bits per heavy atom. The van der Waals surface area contributed by atoms with E-state index >= 15 is 0 Å². The van der Waals surface area contributed by atoms with Crippen LogP contribution in [0.1, 0.15) is 18.2 Å². The molecular formula is C14H15IN2O. The van der Waals surface area contributed by atoms with Crippen LogP contribution >= 0.6 is 22.6 Å². The fraction of sp³-hybridized carbons (Fsp3) is 0.357. The molecular weight excluding hydrogens is 339 g/mol. The lowest BCUT2D eigenvalue weighted by Gasteiger charge is -2.21. The molecule has 0 atom stereocenters. The highest BCUT2D eigenvalue weighted by molar-refractivity contribution is 14.1. The first-order valence-corrected chi connectivity index (χ1v) is 7.30. The Kier molecular flexibility index (Phi) is 3.39. The van der Waals surface area contributed by atoms with Gasteiger partial charge < -0.3 is 10.1 Å². The van der Waals surface area contributed by atoms with Gasteiger partial charge in [-0.15, -0.1) is 0 Å². The molecule has 0 saturated carbocycles. The Balaban J connectivity index is 2.33. The first-order valence-electron chi connectivity index (χ1n) is 6.23. The molecule has 1 aliphatic rings. The van der Waals surface area contributed by atoms with E-state index in [9.17, 15) is 0 Å². The van der Waals surface area contributed by atoms with E-state index < -0.39 is 0 Å². The Morgan fingerprint density at radius 1 is 1.44 bits per heavy atom. The molecule has 4 heteroatoms. The molecule has 0 bridgehead atoms. The number of halogens is 1. The average Bonchev–Trinajstić information content (AvgIpc) is 2.40. The molecule has 1 aromatic carbocycles. The third kappa shape index (κ3) is 1.97. The molecule has 94 valence electrons. The molecule has 0 amide bonds. The van der Waals surface area contributed by atoms with Crippen LogP contribution in [-0.2, 0) is 17.8 Å². The Labute approximate surface area is 120 Å². The molecule has 1 N–H and O–H groups in total. The molecule has 0 radical (unpaired) electrons. The fourth-order valence-electron chi connectivity index (χ4n) is 2.42. The van der Waals surface area contributed by atoms with Crippen molar-refractivity contribution >= 4 is 39.2 Å². The van der Waals surface area contributed by atoms with Gasteiger partial charge in [-0.25, -0.2) is 0 Å². The average molecular weight is 354 g/mol. The van der Waals surface area contributed by atoms with Crippen molar-refractivity contribution in [2.24, 2.45) is 0 Å². The van der Waals surface area contributed by atoms with Crippen molar-refractivity contribution in [3.05, 3.63) is 33.0 Å². The maximum absolute atomic E-state index is 5.58. The lowest BCUT2D eigenvalue weighted by molar-refractivity contribution is 0.110. The third-order valence-corrected chi connectivity index (χ3v) is 4.11. The van der Waals surface area contributed by atoms with Crippen molar-refractivity contribution in [3.8, 4) is 0 Å². The van der Waals surface area contributed by atoms with Crippen LogP contribution in [0.25, 0.3) is 10.9 Å². The summed E-state index contributed by atoms with van der Waals surface area (Å²) in [6, 6.07) is 6.33. The van der Waals surface area contributed by atoms with E-state index in [4.69, 9.17) is 9.72 Å². The number of pyridine rings is 1. The van der Waals surface area contributed by atoms with Crippen molar-refractivity contribution < 1.29 is 4.74 Å². The van der Waals surface area contributed by atoms with Crippen molar-refractivity contribution in [1.29, 1.82) is 0 Å². The number of hydrogen-bond acceptors (Lipinski definition) is 3. The SMILES string of the molecule is CCNc1c2c(nc3c(I)cccc13)CCOC2. The summed E-state index contributed by atoms with van der Waals surface area (Å²) in [7, 11) is 0. The Bertz CT molecular complexity index is 598. The summed E-state index contributed by atoms with van der Waals surface area (Å²) in [5, 5.41) is 4.68. The van der Waals surface area contributed by atoms with Crippen LogP contribution in [0.2, 0.25) is 0 Å². The summed E-state index contributed by atoms with van der Waals surface area (Å²) in [5.41, 5.74) is 4.73. The van der Waals surface area contributed by atoms with Gasteiger partial charge in [-0.1, -0.05) is 12.1 Å². The maximum Gasteiger partial charge on any atom is 0.0859 e. The monoisotopic (exact) mass is 354 g/mol. The lowest BCUT2D eigenvalue weighted by Crippen LogP contribution is -2.15. The number of hydrogen-bond donors (Lipinski definition) is 1. The molecule has 0 saturated heterocycles. The second-order valence-electron chi connectivity index (χ2n) is 4.38. The number of fused-ring (bicyclic) bond motifs is 2. The minimum absolute atomic E-state index is 0.673. The topological polar surface area (TPSA) is 34.2 Å². The van der Waals surface area contributed by atoms with E-state index in [2.05, 4.69) is 53.0 Å². The molecule has 0 aliphatic carbocycles. The molecule has 0 fully saturated rings. The van der Waals surface area contributed by atoms with Crippen LogP contribution in [0, 0.1) is 3.57 Å². The predicted octanol–water partition coefficient (Wildman–Crippen LogP) is 3.34. The van der Waals surface area contributed by atoms with Crippen LogP contribution < -0.4 is 5.32 Å². The van der Waals surface area contributed by atoms with Gasteiger partial charge in [0.15, 0.2) is 0 Å². The molecule has 2 heterocycles. The van der Waals surface area contributed by atoms with Gasteiger partial charge >= 0.3 is 0 Å². The molecule has 0 spiro atoms. The van der Waals surface area contributed by atoms with Crippen LogP contribution in [0.3, 0.4) is 0 Å². The molecule has 18 heavy (non-hydrogen) atoms. The van der Waals surface area contributed by atoms with E-state index in [0.29, 0.717) is 6.61 Å². The van der Waals surface area contributed by atoms with Crippen LogP contribution in [0.15, 0.2) is 18.2 Å². The van der Waals surface area contributed by atoms with Crippen molar-refractivity contribution in [2.75, 3.05) is 18.5 Å². The minimum atomic E-state index is 0.673. The number of benzene rings is 1. The molecule has 1 aromatic heterocycles. The molecule has 3 rings (SSSR count). The second-order valence-corrected chi connectivity index (χ2v) is 5.54. The molecule has 0 unspecified atom stereocenters. The highest BCUT2D eigenvalue weighted by Crippen LogP contribution is 2.33. The van der Waals surface area contributed by atoms with E-state index in [1.807, 2.05) is 0 Å². The Hall–Kier alpha value is -0.880. The standard InChI is InChI=1S/C14H15IN2O/c1-2-16-13-9-4-3-5-11(15)14(9)17-12-6-7-18-8-10(12)13/h3-5H,2,6-8H2,1H3,(H,16,17). The van der Waals surface area contributed by atoms with E-state index in [-0.39, 0.29) is 0 Å². The van der Waals surface area contributed by atoms with Gasteiger partial charge in [0, 0.05) is 27.5 Å². The summed E-state index contributed by atoms with van der Waals surface area (Å²) < 4.78 is 6.79. The summed E-state index contributed by atoms with van der Waals surface area (Å²) in [4.78, 5) is 4.83. The highest BCUT2D eigenvalue weighted by Gasteiger charge is 2.18. The van der Waals surface area contributed by atoms with Crippen molar-refractivity contribution in [1.82, 2.24) is 4.98 Å². The number of aromatic nitrogens is 1. The summed E-state index contributed by atoms with van der Waals surface area (Å²) in [6.45, 7) is 4.49. The molecule has 1 aliphatic heterocycles. The minimum Gasteiger partial charge on any atom is -0.384 e. The van der Waals surface area contributed by atoms with Gasteiger partial charge in [0.2, 0.25) is 0 Å². The quantitative estimate of drug-likeness (QED) is 0.840. The number of ether oxygens (including phenoxy) is 1. The maximum atomic E-state index is 5.58. The van der Waals surface area contributed by atoms with Crippen molar-refractivity contribution in [3.63, 3.8) is 0 Å². The van der Waals surface area contributed by atoms with Crippen molar-refractivity contribution in [2.45, 2.75) is 20.0 Å². The first kappa shape index (κ1) is 12.2. The van der Waals surface area contributed by atoms with Crippen LogP contribution in [-0.4, -0.2) is 18.1 Å². The zero-order valence-corrected chi connectivity index (χ0v) is 12.5. The number of nitrogens with one attached hydrogen (secondary N) is 1. The third-order valence-electron chi connectivity index (χ3n) is 3.24. The second kappa shape index (κ2) is 5.01. The number of para-hydroxylation sites is 1. The zero-order chi connectivity index (χ0) is 12.5. The number of anilines is 1. The van der Waals surface area contributed by atoms with Gasteiger partial charge in [0.25, 0.3) is 0 Å². The van der Waals surface area contributed by atoms with Gasteiger partial charge in [-0.2, -0.15) is 0 Å². The van der Waals surface area contributed by atoms with Gasteiger partial charge in [-0.05, 0) is 35.6 Å². The summed E-state index contributed by atoms with van der Waals surface area (Å²) >= 11 is 2.36. The first-order chi connectivity index (χ1) is 8.81. The zero-order valence-electron chi connectivity index (χ0n) is 10.3. The number of rotatable bonds is 2. The van der Waals surface area contributed by atoms with Gasteiger partial charge in [-0.3, -0.25) is 4.98 Å². The molecule has 3 nitrogen and oxygen atoms in total. The van der Waals surface area contributed by atoms with Gasteiger partial charge in [0.1, 0.15) is 0 Å². The predicted molar refractivity (Wildman–Crippen MR) is 82.0 cm³/mol. The lowest BCUT2D eigenvalue weighted by atomic mass is 10.0. The van der Waals surface area contributed by atoms with Crippen LogP contribution in [0.5, 0.6) is 0 Å². The Morgan fingerprint density at radius 2 is 2.33 bits per heavy atom. The van der Waals surface area contributed by atoms with Crippen LogP contribution in [0.4, 0.5) is 5.69 Å². The highest BCUT2D eigenvalue weighted by atomic mass is 127.